The van der Waals surface area contributed by atoms with Gasteiger partial charge < -0.3 is 14.4 Å². The molecule has 0 saturated heterocycles. The number of hydrogen-bond donors (Lipinski definition) is 0. The number of benzene rings is 1. The van der Waals surface area contributed by atoms with Crippen LogP contribution in [0.4, 0.5) is 14.5 Å². The van der Waals surface area contributed by atoms with Gasteiger partial charge in [-0.25, -0.2) is 9.97 Å². The summed E-state index contributed by atoms with van der Waals surface area (Å²) in [5, 5.41) is 2.51. The number of fused-ring (bicyclic) bond motifs is 2. The van der Waals surface area contributed by atoms with Crippen LogP contribution in [0.15, 0.2) is 79.3 Å². The fourth-order valence-electron chi connectivity index (χ4n) is 3.89. The Morgan fingerprint density at radius 1 is 1.03 bits per heavy atom. The molecular weight excluding hydrogens is 438 g/mol. The summed E-state index contributed by atoms with van der Waals surface area (Å²) < 4.78 is 35.2. The molecule has 6 nitrogen and oxygen atoms in total. The standard InChI is InChI=1S/C26H20F2N4O2/c1-3-33-23-11-7-19-15-32(20-8-9-21-17(13-20)5-4-12-29-21)16(2)24(25(19)31-23)18-6-10-22(30-14-18)34-26(27)28/h4-15,26H,2-3H2,1H3. The number of nitrogens with zero attached hydrogens (tertiary/aromatic N) is 4. The molecule has 0 spiro atoms. The highest BCUT2D eigenvalue weighted by molar-refractivity contribution is 5.90. The Labute approximate surface area is 194 Å². The molecule has 0 atom stereocenters. The molecular formula is C26H20F2N4O2. The van der Waals surface area contributed by atoms with Crippen molar-refractivity contribution >= 4 is 28.4 Å². The second-order valence-electron chi connectivity index (χ2n) is 7.49. The lowest BCUT2D eigenvalue weighted by atomic mass is 10.00. The molecule has 1 aliphatic heterocycles. The lowest BCUT2D eigenvalue weighted by Crippen LogP contribution is -2.40. The first-order valence-corrected chi connectivity index (χ1v) is 10.6. The molecule has 170 valence electrons. The molecule has 4 aromatic rings. The van der Waals surface area contributed by atoms with E-state index in [4.69, 9.17) is 9.72 Å². The van der Waals surface area contributed by atoms with Crippen molar-refractivity contribution < 1.29 is 18.3 Å². The predicted octanol–water partition coefficient (Wildman–Crippen LogP) is 4.00. The summed E-state index contributed by atoms with van der Waals surface area (Å²) in [6.07, 6.45) is 5.19. The van der Waals surface area contributed by atoms with Gasteiger partial charge >= 0.3 is 6.61 Å². The van der Waals surface area contributed by atoms with Crippen LogP contribution in [0.5, 0.6) is 11.8 Å². The average molecular weight is 458 g/mol. The number of alkyl halides is 2. The Morgan fingerprint density at radius 2 is 1.88 bits per heavy atom. The van der Waals surface area contributed by atoms with Gasteiger partial charge in [-0.1, -0.05) is 12.6 Å². The van der Waals surface area contributed by atoms with Gasteiger partial charge in [0.15, 0.2) is 0 Å². The molecule has 0 unspecified atom stereocenters. The summed E-state index contributed by atoms with van der Waals surface area (Å²) in [6, 6.07) is 16.7. The molecule has 0 bridgehead atoms. The third-order valence-electron chi connectivity index (χ3n) is 5.38. The third kappa shape index (κ3) is 4.05. The highest BCUT2D eigenvalue weighted by atomic mass is 19.3. The van der Waals surface area contributed by atoms with Crippen molar-refractivity contribution in [2.24, 2.45) is 0 Å². The summed E-state index contributed by atoms with van der Waals surface area (Å²) in [5.41, 5.74) is 3.81. The zero-order valence-corrected chi connectivity index (χ0v) is 18.3. The van der Waals surface area contributed by atoms with Gasteiger partial charge in [0, 0.05) is 63.9 Å². The minimum atomic E-state index is -2.95. The Bertz CT molecular complexity index is 1500. The van der Waals surface area contributed by atoms with Gasteiger partial charge in [-0.2, -0.15) is 8.78 Å². The summed E-state index contributed by atoms with van der Waals surface area (Å²) in [7, 11) is 0. The van der Waals surface area contributed by atoms with Gasteiger partial charge in [-0.15, -0.1) is 0 Å². The van der Waals surface area contributed by atoms with Crippen LogP contribution in [-0.2, 0) is 0 Å². The molecule has 5 rings (SSSR count). The van der Waals surface area contributed by atoms with Crippen LogP contribution in [0.1, 0.15) is 12.5 Å². The monoisotopic (exact) mass is 458 g/mol. The van der Waals surface area contributed by atoms with Crippen molar-refractivity contribution in [1.82, 2.24) is 15.0 Å². The smallest absolute Gasteiger partial charge is 0.388 e. The van der Waals surface area contributed by atoms with E-state index in [1.54, 1.807) is 12.3 Å². The molecule has 1 aliphatic rings. The molecule has 4 heterocycles. The molecule has 8 heteroatoms. The zero-order valence-electron chi connectivity index (χ0n) is 18.3. The number of allylic oxidation sites excluding steroid dienone is 1. The quantitative estimate of drug-likeness (QED) is 0.436. The normalized spacial score (nSPS) is 13.1. The van der Waals surface area contributed by atoms with Gasteiger partial charge in [0.05, 0.1) is 17.5 Å². The summed E-state index contributed by atoms with van der Waals surface area (Å²) >= 11 is 0. The highest BCUT2D eigenvalue weighted by Crippen LogP contribution is 2.31. The number of pyridine rings is 3. The minimum Gasteiger partial charge on any atom is -0.478 e. The van der Waals surface area contributed by atoms with Crippen LogP contribution in [-0.4, -0.2) is 28.2 Å². The van der Waals surface area contributed by atoms with E-state index in [0.717, 1.165) is 21.8 Å². The van der Waals surface area contributed by atoms with Gasteiger partial charge in [-0.3, -0.25) is 4.98 Å². The Hall–Kier alpha value is -4.33. The van der Waals surface area contributed by atoms with Gasteiger partial charge in [-0.05, 0) is 43.3 Å². The fraction of sp³-hybridized carbons (Fsp3) is 0.115. The molecule has 1 aromatic carbocycles. The van der Waals surface area contributed by atoms with Gasteiger partial charge in [0.25, 0.3) is 0 Å². The first-order chi connectivity index (χ1) is 16.5. The van der Waals surface area contributed by atoms with Crippen molar-refractivity contribution in [3.8, 4) is 11.8 Å². The van der Waals surface area contributed by atoms with Crippen molar-refractivity contribution in [3.63, 3.8) is 0 Å². The maximum atomic E-state index is 12.6. The van der Waals surface area contributed by atoms with E-state index in [1.165, 1.54) is 12.3 Å². The van der Waals surface area contributed by atoms with E-state index in [1.807, 2.05) is 60.5 Å². The lowest BCUT2D eigenvalue weighted by Gasteiger charge is -2.28. The van der Waals surface area contributed by atoms with Crippen LogP contribution in [0.25, 0.3) is 22.7 Å². The van der Waals surface area contributed by atoms with E-state index >= 15 is 0 Å². The molecule has 0 aliphatic carbocycles. The maximum Gasteiger partial charge on any atom is 0.388 e. The number of ether oxygens (including phenoxy) is 2. The molecule has 34 heavy (non-hydrogen) atoms. The topological polar surface area (TPSA) is 60.4 Å². The van der Waals surface area contributed by atoms with Gasteiger partial charge in [0.2, 0.25) is 11.8 Å². The summed E-state index contributed by atoms with van der Waals surface area (Å²) in [6.45, 7) is 3.76. The maximum absolute atomic E-state index is 12.6. The molecule has 0 fully saturated rings. The van der Waals surface area contributed by atoms with E-state index < -0.39 is 6.61 Å². The highest BCUT2D eigenvalue weighted by Gasteiger charge is 2.21. The number of halogens is 2. The van der Waals surface area contributed by atoms with Gasteiger partial charge in [0.1, 0.15) is 0 Å². The van der Waals surface area contributed by atoms with Crippen LogP contribution in [0, 0.1) is 0 Å². The average Bonchev–Trinajstić information content (AvgIpc) is 2.84. The number of hydrogen-bond acceptors (Lipinski definition) is 6. The van der Waals surface area contributed by atoms with E-state index in [0.29, 0.717) is 34.7 Å². The van der Waals surface area contributed by atoms with Crippen LogP contribution >= 0.6 is 0 Å². The first-order valence-electron chi connectivity index (χ1n) is 10.6. The third-order valence-corrected chi connectivity index (χ3v) is 5.38. The molecule has 0 saturated carbocycles. The van der Waals surface area contributed by atoms with Crippen LogP contribution in [0.3, 0.4) is 0 Å². The van der Waals surface area contributed by atoms with Crippen molar-refractivity contribution in [1.29, 1.82) is 0 Å². The number of rotatable bonds is 6. The van der Waals surface area contributed by atoms with E-state index in [2.05, 4.69) is 21.3 Å². The number of aromatic nitrogens is 3. The Kier molecular flexibility index (Phi) is 5.63. The van der Waals surface area contributed by atoms with Crippen molar-refractivity contribution in [3.05, 3.63) is 95.4 Å². The van der Waals surface area contributed by atoms with Crippen LogP contribution < -0.4 is 24.9 Å². The molecule has 3 aromatic heterocycles. The second kappa shape index (κ2) is 8.90. The fourth-order valence-corrected chi connectivity index (χ4v) is 3.89. The first kappa shape index (κ1) is 21.5. The summed E-state index contributed by atoms with van der Waals surface area (Å²) in [4.78, 5) is 15.1. The predicted molar refractivity (Wildman–Crippen MR) is 126 cm³/mol. The van der Waals surface area contributed by atoms with E-state index in [9.17, 15) is 8.78 Å². The van der Waals surface area contributed by atoms with E-state index in [-0.39, 0.29) is 5.88 Å². The van der Waals surface area contributed by atoms with Crippen molar-refractivity contribution in [2.45, 2.75) is 13.5 Å². The minimum absolute atomic E-state index is 0.164. The SMILES string of the molecule is C=C1C(c2ccc(OC(F)F)nc2)=c2nc(OCC)ccc2=CN1c1ccc2ncccc2c1. The molecule has 0 amide bonds. The Balaban J connectivity index is 1.67. The largest absolute Gasteiger partial charge is 0.478 e. The summed E-state index contributed by atoms with van der Waals surface area (Å²) in [5.74, 6) is 0.318. The molecule has 0 N–H and O–H groups in total. The zero-order chi connectivity index (χ0) is 23.7. The second-order valence-corrected chi connectivity index (χ2v) is 7.49. The number of anilines is 1. The Morgan fingerprint density at radius 3 is 2.65 bits per heavy atom. The van der Waals surface area contributed by atoms with Crippen molar-refractivity contribution in [2.75, 3.05) is 11.5 Å². The lowest BCUT2D eigenvalue weighted by molar-refractivity contribution is -0.0528. The molecule has 0 radical (unpaired) electrons. The van der Waals surface area contributed by atoms with Crippen LogP contribution in [0.2, 0.25) is 0 Å².